The molecular weight excluding hydrogens is 372 g/mol. The van der Waals surface area contributed by atoms with Gasteiger partial charge in [-0.25, -0.2) is 0 Å². The molecule has 0 unspecified atom stereocenters. The molecule has 3 aromatic rings. The Bertz CT molecular complexity index is 890. The first-order valence-electron chi connectivity index (χ1n) is 9.04. The van der Waals surface area contributed by atoms with Crippen LogP contribution in [0.25, 0.3) is 0 Å². The fourth-order valence-electron chi connectivity index (χ4n) is 2.97. The number of hydrogen-bond acceptors (Lipinski definition) is 2. The van der Waals surface area contributed by atoms with Gasteiger partial charge in [0.2, 0.25) is 5.91 Å². The van der Waals surface area contributed by atoms with Gasteiger partial charge >= 0.3 is 0 Å². The summed E-state index contributed by atoms with van der Waals surface area (Å²) in [7, 11) is 0. The predicted octanol–water partition coefficient (Wildman–Crippen LogP) is 4.02. The van der Waals surface area contributed by atoms with E-state index in [-0.39, 0.29) is 24.3 Å². The molecule has 0 heterocycles. The quantitative estimate of drug-likeness (QED) is 0.638. The summed E-state index contributed by atoms with van der Waals surface area (Å²) in [5.41, 5.74) is 2.67. The lowest BCUT2D eigenvalue weighted by atomic mass is 9.91. The van der Waals surface area contributed by atoms with E-state index in [0.29, 0.717) is 17.1 Å². The molecule has 0 bridgehead atoms. The predicted molar refractivity (Wildman–Crippen MR) is 112 cm³/mol. The van der Waals surface area contributed by atoms with Crippen LogP contribution in [0.15, 0.2) is 84.9 Å². The maximum Gasteiger partial charge on any atom is 0.251 e. The molecule has 2 N–H and O–H groups in total. The zero-order valence-corrected chi connectivity index (χ0v) is 16.0. The Balaban J connectivity index is 1.59. The Morgan fingerprint density at radius 1 is 0.786 bits per heavy atom. The van der Waals surface area contributed by atoms with Crippen molar-refractivity contribution < 1.29 is 9.59 Å². The summed E-state index contributed by atoms with van der Waals surface area (Å²) in [5, 5.41) is 6.02. The average Bonchev–Trinajstić information content (AvgIpc) is 2.73. The van der Waals surface area contributed by atoms with Crippen molar-refractivity contribution in [2.45, 2.75) is 5.92 Å². The average molecular weight is 393 g/mol. The highest BCUT2D eigenvalue weighted by molar-refractivity contribution is 6.30. The van der Waals surface area contributed by atoms with E-state index in [1.807, 2.05) is 60.7 Å². The van der Waals surface area contributed by atoms with Crippen molar-refractivity contribution in [2.75, 3.05) is 13.1 Å². The second kappa shape index (κ2) is 9.72. The molecule has 0 aliphatic rings. The van der Waals surface area contributed by atoms with E-state index >= 15 is 0 Å². The SMILES string of the molecule is O=C(CNC(=O)c1cccc(Cl)c1)NCC(c1ccccc1)c1ccccc1. The molecule has 0 saturated carbocycles. The largest absolute Gasteiger partial charge is 0.354 e. The van der Waals surface area contributed by atoms with Crippen LogP contribution >= 0.6 is 11.6 Å². The summed E-state index contributed by atoms with van der Waals surface area (Å²) in [6.45, 7) is 0.349. The zero-order valence-electron chi connectivity index (χ0n) is 15.3. The summed E-state index contributed by atoms with van der Waals surface area (Å²) in [6.07, 6.45) is 0. The normalized spacial score (nSPS) is 10.5. The molecule has 0 radical (unpaired) electrons. The van der Waals surface area contributed by atoms with Gasteiger partial charge in [-0.1, -0.05) is 78.3 Å². The van der Waals surface area contributed by atoms with Gasteiger partial charge in [0.25, 0.3) is 5.91 Å². The summed E-state index contributed by atoms with van der Waals surface area (Å²) in [5.74, 6) is -0.539. The molecule has 142 valence electrons. The van der Waals surface area contributed by atoms with Crippen LogP contribution in [0.1, 0.15) is 27.4 Å². The summed E-state index contributed by atoms with van der Waals surface area (Å²) in [6, 6.07) is 26.7. The van der Waals surface area contributed by atoms with Crippen LogP contribution in [0.2, 0.25) is 5.02 Å². The maximum atomic E-state index is 12.3. The fourth-order valence-corrected chi connectivity index (χ4v) is 3.16. The molecule has 0 fully saturated rings. The van der Waals surface area contributed by atoms with Crippen molar-refractivity contribution in [2.24, 2.45) is 0 Å². The molecule has 0 aromatic heterocycles. The minimum atomic E-state index is -0.333. The molecule has 0 atom stereocenters. The van der Waals surface area contributed by atoms with Crippen LogP contribution in [0, 0.1) is 0 Å². The lowest BCUT2D eigenvalue weighted by molar-refractivity contribution is -0.120. The fraction of sp³-hybridized carbons (Fsp3) is 0.130. The molecule has 3 aromatic carbocycles. The first-order chi connectivity index (χ1) is 13.6. The van der Waals surface area contributed by atoms with Crippen molar-refractivity contribution in [1.29, 1.82) is 0 Å². The van der Waals surface area contributed by atoms with Gasteiger partial charge < -0.3 is 10.6 Å². The van der Waals surface area contributed by atoms with Gasteiger partial charge in [0.05, 0.1) is 6.54 Å². The van der Waals surface area contributed by atoms with Crippen LogP contribution < -0.4 is 10.6 Å². The summed E-state index contributed by atoms with van der Waals surface area (Å²) >= 11 is 5.89. The molecule has 4 nitrogen and oxygen atoms in total. The van der Waals surface area contributed by atoms with E-state index in [4.69, 9.17) is 11.6 Å². The van der Waals surface area contributed by atoms with E-state index in [9.17, 15) is 9.59 Å². The van der Waals surface area contributed by atoms with Crippen molar-refractivity contribution in [3.63, 3.8) is 0 Å². The Labute approximate surface area is 169 Å². The van der Waals surface area contributed by atoms with Gasteiger partial charge in [-0.15, -0.1) is 0 Å². The van der Waals surface area contributed by atoms with Crippen LogP contribution in [0.4, 0.5) is 0 Å². The topological polar surface area (TPSA) is 58.2 Å². The number of carbonyl (C=O) groups excluding carboxylic acids is 2. The lowest BCUT2D eigenvalue weighted by Gasteiger charge is -2.19. The molecule has 28 heavy (non-hydrogen) atoms. The second-order valence-corrected chi connectivity index (χ2v) is 6.81. The Hall–Kier alpha value is -3.11. The number of benzene rings is 3. The molecule has 3 rings (SSSR count). The molecule has 2 amide bonds. The number of amides is 2. The first-order valence-corrected chi connectivity index (χ1v) is 9.41. The van der Waals surface area contributed by atoms with E-state index in [0.717, 1.165) is 11.1 Å². The number of rotatable bonds is 7. The third-order valence-electron chi connectivity index (χ3n) is 4.40. The molecule has 0 saturated heterocycles. The molecule has 0 spiro atoms. The highest BCUT2D eigenvalue weighted by Gasteiger charge is 2.15. The third kappa shape index (κ3) is 5.44. The van der Waals surface area contributed by atoms with Gasteiger partial charge in [-0.3, -0.25) is 9.59 Å². The number of nitrogens with one attached hydrogen (secondary N) is 2. The first kappa shape index (κ1) is 19.6. The number of carbonyl (C=O) groups is 2. The van der Waals surface area contributed by atoms with Gasteiger partial charge in [0, 0.05) is 23.0 Å². The smallest absolute Gasteiger partial charge is 0.251 e. The zero-order chi connectivity index (χ0) is 19.8. The van der Waals surface area contributed by atoms with E-state index < -0.39 is 0 Å². The van der Waals surface area contributed by atoms with Gasteiger partial charge in [0.15, 0.2) is 0 Å². The van der Waals surface area contributed by atoms with Gasteiger partial charge in [0.1, 0.15) is 0 Å². The minimum absolute atomic E-state index is 0.0370. The molecule has 5 heteroatoms. The Morgan fingerprint density at radius 2 is 1.39 bits per heavy atom. The van der Waals surface area contributed by atoms with Gasteiger partial charge in [-0.2, -0.15) is 0 Å². The highest BCUT2D eigenvalue weighted by Crippen LogP contribution is 2.23. The van der Waals surface area contributed by atoms with Crippen molar-refractivity contribution in [1.82, 2.24) is 10.6 Å². The number of hydrogen-bond donors (Lipinski definition) is 2. The number of halogens is 1. The van der Waals surface area contributed by atoms with Crippen LogP contribution in [0.3, 0.4) is 0 Å². The van der Waals surface area contributed by atoms with Crippen LogP contribution in [-0.2, 0) is 4.79 Å². The molecule has 0 aliphatic carbocycles. The Kier molecular flexibility index (Phi) is 6.82. The van der Waals surface area contributed by atoms with Crippen LogP contribution in [-0.4, -0.2) is 24.9 Å². The van der Waals surface area contributed by atoms with Crippen molar-refractivity contribution >= 4 is 23.4 Å². The van der Waals surface area contributed by atoms with Crippen molar-refractivity contribution in [3.8, 4) is 0 Å². The highest BCUT2D eigenvalue weighted by atomic mass is 35.5. The van der Waals surface area contributed by atoms with Gasteiger partial charge in [-0.05, 0) is 29.3 Å². The molecular formula is C23H21ClN2O2. The van der Waals surface area contributed by atoms with E-state index in [2.05, 4.69) is 10.6 Å². The van der Waals surface area contributed by atoms with E-state index in [1.165, 1.54) is 0 Å². The summed E-state index contributed by atoms with van der Waals surface area (Å²) < 4.78 is 0. The van der Waals surface area contributed by atoms with Crippen molar-refractivity contribution in [3.05, 3.63) is 107 Å². The summed E-state index contributed by atoms with van der Waals surface area (Å²) in [4.78, 5) is 24.4. The second-order valence-electron chi connectivity index (χ2n) is 6.37. The Morgan fingerprint density at radius 3 is 1.96 bits per heavy atom. The lowest BCUT2D eigenvalue weighted by Crippen LogP contribution is -2.38. The standard InChI is InChI=1S/C23H21ClN2O2/c24-20-13-7-12-19(14-20)23(28)26-16-22(27)25-15-21(17-8-3-1-4-9-17)18-10-5-2-6-11-18/h1-14,21H,15-16H2,(H,25,27)(H,26,28). The van der Waals surface area contributed by atoms with Crippen LogP contribution in [0.5, 0.6) is 0 Å². The monoisotopic (exact) mass is 392 g/mol. The molecule has 0 aliphatic heterocycles. The minimum Gasteiger partial charge on any atom is -0.354 e. The maximum absolute atomic E-state index is 12.3. The van der Waals surface area contributed by atoms with E-state index in [1.54, 1.807) is 24.3 Å². The third-order valence-corrected chi connectivity index (χ3v) is 4.64.